The predicted molar refractivity (Wildman–Crippen MR) is 156 cm³/mol. The SMILES string of the molecule is COc1cc(/C=C2\SC(=O)N(CCOc3ccccc3Cl)C2=O)ccc1OCC(=O)Nc1ccc(Br)c(Cl)c1. The molecule has 1 aliphatic rings. The van der Waals surface area contributed by atoms with Crippen LogP contribution in [0, 0.1) is 0 Å². The lowest BCUT2D eigenvalue weighted by molar-refractivity contribution is -0.123. The molecular weight excluding hydrogens is 631 g/mol. The number of thioether (sulfide) groups is 1. The molecule has 12 heteroatoms. The first-order valence-corrected chi connectivity index (χ1v) is 13.8. The largest absolute Gasteiger partial charge is 0.493 e. The number of anilines is 1. The molecule has 1 aliphatic heterocycles. The van der Waals surface area contributed by atoms with E-state index in [9.17, 15) is 14.4 Å². The summed E-state index contributed by atoms with van der Waals surface area (Å²) in [6.07, 6.45) is 1.59. The monoisotopic (exact) mass is 650 g/mol. The average molecular weight is 652 g/mol. The molecule has 202 valence electrons. The van der Waals surface area contributed by atoms with Crippen LogP contribution in [0.25, 0.3) is 6.08 Å². The van der Waals surface area contributed by atoms with Gasteiger partial charge in [0, 0.05) is 10.2 Å². The molecule has 1 heterocycles. The highest BCUT2D eigenvalue weighted by Gasteiger charge is 2.34. The number of nitrogens with zero attached hydrogens (tertiary/aromatic N) is 1. The Kier molecular flexibility index (Phi) is 9.79. The number of para-hydroxylation sites is 1. The van der Waals surface area contributed by atoms with Crippen LogP contribution in [-0.4, -0.2) is 48.8 Å². The van der Waals surface area contributed by atoms with Gasteiger partial charge in [0.1, 0.15) is 12.4 Å². The fraction of sp³-hybridized carbons (Fsp3) is 0.148. The van der Waals surface area contributed by atoms with Crippen molar-refractivity contribution in [3.05, 3.63) is 85.7 Å². The van der Waals surface area contributed by atoms with E-state index in [-0.39, 0.29) is 35.8 Å². The summed E-state index contributed by atoms with van der Waals surface area (Å²) < 4.78 is 17.3. The van der Waals surface area contributed by atoms with Crippen molar-refractivity contribution in [2.24, 2.45) is 0 Å². The molecule has 0 unspecified atom stereocenters. The molecule has 3 aromatic rings. The van der Waals surface area contributed by atoms with E-state index in [1.54, 1.807) is 66.7 Å². The molecule has 4 rings (SSSR count). The van der Waals surface area contributed by atoms with Crippen molar-refractivity contribution in [2.45, 2.75) is 0 Å². The van der Waals surface area contributed by atoms with Gasteiger partial charge in [0.25, 0.3) is 17.1 Å². The molecule has 3 amide bonds. The van der Waals surface area contributed by atoms with Gasteiger partial charge < -0.3 is 19.5 Å². The van der Waals surface area contributed by atoms with Crippen molar-refractivity contribution in [2.75, 3.05) is 32.2 Å². The number of hydrogen-bond acceptors (Lipinski definition) is 7. The molecular formula is C27H21BrCl2N2O6S. The summed E-state index contributed by atoms with van der Waals surface area (Å²) in [6, 6.07) is 17.0. The van der Waals surface area contributed by atoms with Gasteiger partial charge in [-0.1, -0.05) is 41.4 Å². The molecule has 0 saturated carbocycles. The summed E-state index contributed by atoms with van der Waals surface area (Å²) >= 11 is 16.3. The zero-order valence-corrected chi connectivity index (χ0v) is 24.3. The van der Waals surface area contributed by atoms with Gasteiger partial charge in [-0.25, -0.2) is 0 Å². The highest BCUT2D eigenvalue weighted by molar-refractivity contribution is 9.10. The number of carbonyl (C=O) groups excluding carboxylic acids is 3. The number of methoxy groups -OCH3 is 1. The van der Waals surface area contributed by atoms with E-state index < -0.39 is 5.91 Å². The van der Waals surface area contributed by atoms with E-state index in [1.165, 1.54) is 7.11 Å². The number of halogens is 3. The zero-order chi connectivity index (χ0) is 27.9. The van der Waals surface area contributed by atoms with Crippen LogP contribution in [0.1, 0.15) is 5.56 Å². The van der Waals surface area contributed by atoms with Crippen molar-refractivity contribution in [3.63, 3.8) is 0 Å². The maximum atomic E-state index is 12.8. The first kappa shape index (κ1) is 28.8. The van der Waals surface area contributed by atoms with Crippen LogP contribution in [-0.2, 0) is 9.59 Å². The van der Waals surface area contributed by atoms with Crippen LogP contribution in [0.5, 0.6) is 17.2 Å². The van der Waals surface area contributed by atoms with Crippen LogP contribution in [0.15, 0.2) is 70.0 Å². The molecule has 0 aliphatic carbocycles. The van der Waals surface area contributed by atoms with Crippen LogP contribution < -0.4 is 19.5 Å². The second-order valence-corrected chi connectivity index (χ2v) is 10.7. The lowest BCUT2D eigenvalue weighted by atomic mass is 10.2. The molecule has 3 aromatic carbocycles. The van der Waals surface area contributed by atoms with E-state index in [4.69, 9.17) is 37.4 Å². The second kappa shape index (κ2) is 13.3. The lowest BCUT2D eigenvalue weighted by Crippen LogP contribution is -2.32. The zero-order valence-electron chi connectivity index (χ0n) is 20.4. The molecule has 8 nitrogen and oxygen atoms in total. The summed E-state index contributed by atoms with van der Waals surface area (Å²) in [5.74, 6) is 0.369. The molecule has 1 fully saturated rings. The Morgan fingerprint density at radius 2 is 1.79 bits per heavy atom. The lowest BCUT2D eigenvalue weighted by Gasteiger charge is -2.14. The van der Waals surface area contributed by atoms with Crippen molar-refractivity contribution in [1.82, 2.24) is 4.90 Å². The Balaban J connectivity index is 1.35. The summed E-state index contributed by atoms with van der Waals surface area (Å²) in [7, 11) is 1.46. The summed E-state index contributed by atoms with van der Waals surface area (Å²) in [5.41, 5.74) is 1.15. The number of benzene rings is 3. The fourth-order valence-corrected chi connectivity index (χ4v) is 4.94. The van der Waals surface area contributed by atoms with Gasteiger partial charge in [-0.05, 0) is 81.8 Å². The third-order valence-corrected chi connectivity index (χ3v) is 7.78. The van der Waals surface area contributed by atoms with Gasteiger partial charge in [0.05, 0.1) is 28.6 Å². The Hall–Kier alpha value is -3.18. The fourth-order valence-electron chi connectivity index (χ4n) is 3.46. The number of carbonyl (C=O) groups is 3. The number of hydrogen-bond donors (Lipinski definition) is 1. The van der Waals surface area contributed by atoms with Gasteiger partial charge >= 0.3 is 0 Å². The minimum absolute atomic E-state index is 0.0812. The third kappa shape index (κ3) is 7.48. The van der Waals surface area contributed by atoms with Gasteiger partial charge in [0.15, 0.2) is 18.1 Å². The first-order valence-electron chi connectivity index (χ1n) is 11.4. The van der Waals surface area contributed by atoms with E-state index in [2.05, 4.69) is 21.2 Å². The standard InChI is InChI=1S/C27H21BrCl2N2O6S/c1-36-23-12-16(6-9-22(23)38-15-25(33)31-17-7-8-18(28)20(30)14-17)13-24-26(34)32(27(35)39-24)10-11-37-21-5-3-2-4-19(21)29/h2-9,12-14H,10-11,15H2,1H3,(H,31,33)/b24-13-. The minimum Gasteiger partial charge on any atom is -0.493 e. The summed E-state index contributed by atoms with van der Waals surface area (Å²) in [6.45, 7) is -0.0757. The molecule has 0 radical (unpaired) electrons. The molecule has 0 atom stereocenters. The maximum Gasteiger partial charge on any atom is 0.293 e. The topological polar surface area (TPSA) is 94.2 Å². The summed E-state index contributed by atoms with van der Waals surface area (Å²) in [5, 5.41) is 3.23. The van der Waals surface area contributed by atoms with Crippen molar-refractivity contribution in [3.8, 4) is 17.2 Å². The van der Waals surface area contributed by atoms with Gasteiger partial charge in [-0.15, -0.1) is 0 Å². The molecule has 0 spiro atoms. The Bertz CT molecular complexity index is 1450. The van der Waals surface area contributed by atoms with Crippen LogP contribution >= 0.6 is 50.9 Å². The van der Waals surface area contributed by atoms with E-state index >= 15 is 0 Å². The van der Waals surface area contributed by atoms with Gasteiger partial charge in [-0.3, -0.25) is 19.3 Å². The molecule has 39 heavy (non-hydrogen) atoms. The molecule has 1 N–H and O–H groups in total. The average Bonchev–Trinajstić information content (AvgIpc) is 3.18. The number of ether oxygens (including phenoxy) is 3. The van der Waals surface area contributed by atoms with Crippen LogP contribution in [0.3, 0.4) is 0 Å². The first-order chi connectivity index (χ1) is 18.7. The van der Waals surface area contributed by atoms with Crippen molar-refractivity contribution in [1.29, 1.82) is 0 Å². The smallest absolute Gasteiger partial charge is 0.293 e. The number of rotatable bonds is 10. The van der Waals surface area contributed by atoms with Crippen LogP contribution in [0.4, 0.5) is 10.5 Å². The molecule has 0 bridgehead atoms. The van der Waals surface area contributed by atoms with E-state index in [1.807, 2.05) is 0 Å². The third-order valence-electron chi connectivity index (χ3n) is 5.33. The highest BCUT2D eigenvalue weighted by Crippen LogP contribution is 2.35. The van der Waals surface area contributed by atoms with Crippen molar-refractivity contribution >= 4 is 79.7 Å². The Morgan fingerprint density at radius 3 is 2.54 bits per heavy atom. The maximum absolute atomic E-state index is 12.8. The number of amides is 3. The Morgan fingerprint density at radius 1 is 1.00 bits per heavy atom. The molecule has 0 aromatic heterocycles. The quantitative estimate of drug-likeness (QED) is 0.238. The van der Waals surface area contributed by atoms with Crippen LogP contribution in [0.2, 0.25) is 10.0 Å². The van der Waals surface area contributed by atoms with Crippen molar-refractivity contribution < 1.29 is 28.6 Å². The molecule has 1 saturated heterocycles. The number of imide groups is 1. The van der Waals surface area contributed by atoms with Gasteiger partial charge in [0.2, 0.25) is 0 Å². The van der Waals surface area contributed by atoms with Gasteiger partial charge in [-0.2, -0.15) is 0 Å². The Labute approximate surface area is 247 Å². The number of nitrogens with one attached hydrogen (secondary N) is 1. The highest BCUT2D eigenvalue weighted by atomic mass is 79.9. The predicted octanol–water partition coefficient (Wildman–Crippen LogP) is 6.90. The minimum atomic E-state index is -0.420. The normalized spacial score (nSPS) is 14.1. The van der Waals surface area contributed by atoms with E-state index in [0.29, 0.717) is 38.5 Å². The second-order valence-electron chi connectivity index (χ2n) is 7.99. The van der Waals surface area contributed by atoms with E-state index in [0.717, 1.165) is 21.1 Å². The summed E-state index contributed by atoms with van der Waals surface area (Å²) in [4.78, 5) is 39.0.